The molecule has 30 heavy (non-hydrogen) atoms. The number of nitrogens with two attached hydrogens (primary N) is 2. The fraction of sp³-hybridized carbons (Fsp3) is 0.667. The molecule has 12 nitrogen and oxygen atoms in total. The van der Waals surface area contributed by atoms with E-state index in [-0.39, 0.29) is 36.7 Å². The molecule has 6 N–H and O–H groups in total. The zero-order valence-corrected chi connectivity index (χ0v) is 17.3. The van der Waals surface area contributed by atoms with Crippen molar-refractivity contribution in [2.75, 3.05) is 26.2 Å². The summed E-state index contributed by atoms with van der Waals surface area (Å²) in [6.45, 7) is 3.70. The summed E-state index contributed by atoms with van der Waals surface area (Å²) in [6, 6.07) is -0.885. The Morgan fingerprint density at radius 3 is 1.33 bits per heavy atom. The molecule has 2 aliphatic rings. The summed E-state index contributed by atoms with van der Waals surface area (Å²) in [6.07, 6.45) is 2.91. The molecular weight excluding hydrogens is 396 g/mol. The highest BCUT2D eigenvalue weighted by atomic mass is 16.2. The molecule has 2 atom stereocenters. The molecule has 0 aromatic rings. The third-order valence-electron chi connectivity index (χ3n) is 4.79. The highest BCUT2D eigenvalue weighted by Crippen LogP contribution is 2.17. The lowest BCUT2D eigenvalue weighted by molar-refractivity contribution is -0.137. The van der Waals surface area contributed by atoms with Crippen molar-refractivity contribution in [2.24, 2.45) is 11.5 Å². The minimum Gasteiger partial charge on any atom is -0.368 e. The lowest BCUT2D eigenvalue weighted by Crippen LogP contribution is -2.47. The van der Waals surface area contributed by atoms with E-state index >= 15 is 0 Å². The smallest absolute Gasteiger partial charge is 0.243 e. The molecule has 168 valence electrons. The first kappa shape index (κ1) is 24.9. The number of amides is 6. The summed E-state index contributed by atoms with van der Waals surface area (Å²) in [5.74, 6) is -2.02. The SMILES string of the molecule is CC(=O)N1CCC[C@H]1C(=O)NCC(N)=O.CC(=O)N1CCC[C@H]1C(=O)NCC(N)=O. The molecule has 0 aromatic heterocycles. The Kier molecular flexibility index (Phi) is 9.72. The Labute approximate surface area is 174 Å². The second kappa shape index (κ2) is 11.7. The molecule has 0 spiro atoms. The number of carbonyl (C=O) groups excluding carboxylic acids is 6. The van der Waals surface area contributed by atoms with Crippen molar-refractivity contribution in [3.05, 3.63) is 0 Å². The van der Waals surface area contributed by atoms with Crippen LogP contribution in [0.25, 0.3) is 0 Å². The third kappa shape index (κ3) is 7.68. The standard InChI is InChI=1S/2C9H15N3O3/c2*1-6(13)12-4-2-3-7(12)9(15)11-5-8(10)14/h2*7H,2-5H2,1H3,(H2,10,14)(H,11,15)/t2*7-/m00/s1. The topological polar surface area (TPSA) is 185 Å². The van der Waals surface area contributed by atoms with Gasteiger partial charge in [-0.25, -0.2) is 0 Å². The van der Waals surface area contributed by atoms with Crippen LogP contribution in [0.4, 0.5) is 0 Å². The largest absolute Gasteiger partial charge is 0.368 e. The van der Waals surface area contributed by atoms with Gasteiger partial charge in [0.15, 0.2) is 0 Å². The summed E-state index contributed by atoms with van der Waals surface area (Å²) in [7, 11) is 0. The molecule has 2 aliphatic heterocycles. The summed E-state index contributed by atoms with van der Waals surface area (Å²) in [5, 5.41) is 4.80. The molecule has 12 heteroatoms. The lowest BCUT2D eigenvalue weighted by Gasteiger charge is -2.21. The van der Waals surface area contributed by atoms with E-state index in [4.69, 9.17) is 11.5 Å². The van der Waals surface area contributed by atoms with Gasteiger partial charge < -0.3 is 31.9 Å². The zero-order valence-electron chi connectivity index (χ0n) is 17.3. The van der Waals surface area contributed by atoms with E-state index in [0.717, 1.165) is 12.8 Å². The van der Waals surface area contributed by atoms with Crippen molar-refractivity contribution in [2.45, 2.75) is 51.6 Å². The van der Waals surface area contributed by atoms with Gasteiger partial charge in [0.2, 0.25) is 35.4 Å². The van der Waals surface area contributed by atoms with E-state index < -0.39 is 23.9 Å². The zero-order chi connectivity index (χ0) is 22.8. The number of nitrogens with zero attached hydrogens (tertiary/aromatic N) is 2. The molecule has 0 unspecified atom stereocenters. The van der Waals surface area contributed by atoms with Gasteiger partial charge in [0.25, 0.3) is 0 Å². The predicted octanol–water partition coefficient (Wildman–Crippen LogP) is -2.80. The van der Waals surface area contributed by atoms with Crippen molar-refractivity contribution < 1.29 is 28.8 Å². The summed E-state index contributed by atoms with van der Waals surface area (Å²) >= 11 is 0. The van der Waals surface area contributed by atoms with Gasteiger partial charge >= 0.3 is 0 Å². The lowest BCUT2D eigenvalue weighted by atomic mass is 10.2. The van der Waals surface area contributed by atoms with Crippen LogP contribution in [-0.2, 0) is 28.8 Å². The van der Waals surface area contributed by atoms with Gasteiger partial charge in [-0.2, -0.15) is 0 Å². The van der Waals surface area contributed by atoms with E-state index in [9.17, 15) is 28.8 Å². The maximum Gasteiger partial charge on any atom is 0.243 e. The van der Waals surface area contributed by atoms with Crippen LogP contribution in [0, 0.1) is 0 Å². The van der Waals surface area contributed by atoms with Crippen LogP contribution in [0.15, 0.2) is 0 Å². The third-order valence-corrected chi connectivity index (χ3v) is 4.79. The van der Waals surface area contributed by atoms with E-state index in [1.54, 1.807) is 0 Å². The first-order valence-corrected chi connectivity index (χ1v) is 9.71. The van der Waals surface area contributed by atoms with Crippen molar-refractivity contribution in [1.82, 2.24) is 20.4 Å². The molecule has 0 aliphatic carbocycles. The van der Waals surface area contributed by atoms with E-state index in [2.05, 4.69) is 10.6 Å². The number of hydrogen-bond donors (Lipinski definition) is 4. The monoisotopic (exact) mass is 426 g/mol. The van der Waals surface area contributed by atoms with Crippen LogP contribution in [0.3, 0.4) is 0 Å². The first-order chi connectivity index (χ1) is 14.0. The molecule has 2 saturated heterocycles. The van der Waals surface area contributed by atoms with Crippen molar-refractivity contribution in [1.29, 1.82) is 0 Å². The molecule has 0 aromatic carbocycles. The predicted molar refractivity (Wildman–Crippen MR) is 105 cm³/mol. The molecule has 0 saturated carbocycles. The normalized spacial score (nSPS) is 20.1. The van der Waals surface area contributed by atoms with Crippen molar-refractivity contribution in [3.8, 4) is 0 Å². The fourth-order valence-corrected chi connectivity index (χ4v) is 3.42. The second-order valence-electron chi connectivity index (χ2n) is 7.11. The molecule has 2 fully saturated rings. The number of rotatable bonds is 6. The number of likely N-dealkylation sites (tertiary alicyclic amines) is 2. The van der Waals surface area contributed by atoms with Crippen molar-refractivity contribution >= 4 is 35.4 Å². The van der Waals surface area contributed by atoms with Crippen LogP contribution < -0.4 is 22.1 Å². The summed E-state index contributed by atoms with van der Waals surface area (Å²) < 4.78 is 0. The molecule has 6 amide bonds. The van der Waals surface area contributed by atoms with E-state index in [0.29, 0.717) is 25.9 Å². The number of hydrogen-bond acceptors (Lipinski definition) is 6. The number of carbonyl (C=O) groups is 6. The Morgan fingerprint density at radius 1 is 0.733 bits per heavy atom. The maximum absolute atomic E-state index is 11.6. The quantitative estimate of drug-likeness (QED) is 0.355. The second-order valence-corrected chi connectivity index (χ2v) is 7.11. The summed E-state index contributed by atoms with van der Waals surface area (Å²) in [5.41, 5.74) is 9.80. The Bertz CT molecular complexity index is 639. The Morgan fingerprint density at radius 2 is 1.07 bits per heavy atom. The maximum atomic E-state index is 11.6. The average molecular weight is 426 g/mol. The Balaban J connectivity index is 0.000000300. The minimum atomic E-state index is -0.587. The number of nitrogens with one attached hydrogen (secondary N) is 2. The molecule has 0 radical (unpaired) electrons. The molecular formula is C18H30N6O6. The van der Waals surface area contributed by atoms with Gasteiger partial charge in [-0.05, 0) is 25.7 Å². The first-order valence-electron chi connectivity index (χ1n) is 9.71. The van der Waals surface area contributed by atoms with Crippen LogP contribution in [0.2, 0.25) is 0 Å². The van der Waals surface area contributed by atoms with Crippen LogP contribution in [0.1, 0.15) is 39.5 Å². The number of primary amides is 2. The highest BCUT2D eigenvalue weighted by Gasteiger charge is 2.33. The molecule has 2 heterocycles. The van der Waals surface area contributed by atoms with Gasteiger partial charge in [0.1, 0.15) is 12.1 Å². The van der Waals surface area contributed by atoms with Crippen LogP contribution in [0.5, 0.6) is 0 Å². The minimum absolute atomic E-state index is 0.119. The highest BCUT2D eigenvalue weighted by molar-refractivity contribution is 5.90. The molecule has 0 bridgehead atoms. The van der Waals surface area contributed by atoms with Gasteiger partial charge in [-0.1, -0.05) is 0 Å². The van der Waals surface area contributed by atoms with Gasteiger partial charge in [-0.3, -0.25) is 28.8 Å². The van der Waals surface area contributed by atoms with Crippen LogP contribution in [-0.4, -0.2) is 83.5 Å². The summed E-state index contributed by atoms with van der Waals surface area (Å²) in [4.78, 5) is 69.4. The average Bonchev–Trinajstić information content (AvgIpc) is 3.33. The van der Waals surface area contributed by atoms with E-state index in [1.807, 2.05) is 0 Å². The van der Waals surface area contributed by atoms with Gasteiger partial charge in [0.05, 0.1) is 13.1 Å². The molecule has 2 rings (SSSR count). The Hall–Kier alpha value is -3.18. The van der Waals surface area contributed by atoms with Gasteiger partial charge in [0, 0.05) is 26.9 Å². The van der Waals surface area contributed by atoms with Gasteiger partial charge in [-0.15, -0.1) is 0 Å². The van der Waals surface area contributed by atoms with Crippen LogP contribution >= 0.6 is 0 Å². The van der Waals surface area contributed by atoms with Crippen molar-refractivity contribution in [3.63, 3.8) is 0 Å². The van der Waals surface area contributed by atoms with E-state index in [1.165, 1.54) is 23.6 Å². The fourth-order valence-electron chi connectivity index (χ4n) is 3.42.